The molecule has 0 saturated carbocycles. The number of carbonyl (C=O) groups excluding carboxylic acids is 1. The summed E-state index contributed by atoms with van der Waals surface area (Å²) in [4.78, 5) is 25.9. The molecule has 25 heavy (non-hydrogen) atoms. The lowest BCUT2D eigenvalue weighted by molar-refractivity contribution is -0.145. The molecule has 1 amide bonds. The molecule has 1 aliphatic rings. The smallest absolute Gasteiger partial charge is 0.308 e. The second-order valence-corrected chi connectivity index (χ2v) is 7.62. The van der Waals surface area contributed by atoms with Crippen LogP contribution in [0.5, 0.6) is 0 Å². The van der Waals surface area contributed by atoms with E-state index < -0.39 is 11.9 Å². The molecule has 0 aromatic heterocycles. The van der Waals surface area contributed by atoms with Crippen LogP contribution in [0.1, 0.15) is 38.7 Å². The fourth-order valence-electron chi connectivity index (χ4n) is 3.16. The van der Waals surface area contributed by atoms with Gasteiger partial charge < -0.3 is 10.0 Å². The summed E-state index contributed by atoms with van der Waals surface area (Å²) in [7, 11) is 0. The van der Waals surface area contributed by atoms with E-state index in [4.69, 9.17) is 0 Å². The Morgan fingerprint density at radius 2 is 1.88 bits per heavy atom. The fourth-order valence-corrected chi connectivity index (χ4v) is 3.16. The Kier molecular flexibility index (Phi) is 5.63. The summed E-state index contributed by atoms with van der Waals surface area (Å²) in [6.07, 6.45) is 2.14. The highest BCUT2D eigenvalue weighted by atomic mass is 16.4. The van der Waals surface area contributed by atoms with Crippen molar-refractivity contribution in [2.45, 2.75) is 33.1 Å². The average Bonchev–Trinajstić information content (AvgIpc) is 2.58. The normalized spacial score (nSPS) is 21.5. The number of likely N-dealkylation sites (tertiary alicyclic amines) is 1. The Morgan fingerprint density at radius 3 is 2.40 bits per heavy atom. The molecule has 5 heteroatoms. The van der Waals surface area contributed by atoms with Crippen LogP contribution in [0.3, 0.4) is 0 Å². The summed E-state index contributed by atoms with van der Waals surface area (Å²) in [5, 5.41) is 18.8. The van der Waals surface area contributed by atoms with Gasteiger partial charge in [0, 0.05) is 19.0 Å². The maximum absolute atomic E-state index is 12.8. The van der Waals surface area contributed by atoms with Gasteiger partial charge >= 0.3 is 5.97 Å². The van der Waals surface area contributed by atoms with E-state index in [0.29, 0.717) is 13.0 Å². The molecule has 1 aromatic rings. The van der Waals surface area contributed by atoms with E-state index in [1.54, 1.807) is 6.08 Å². The highest BCUT2D eigenvalue weighted by molar-refractivity contribution is 5.97. The van der Waals surface area contributed by atoms with E-state index in [0.717, 1.165) is 5.56 Å². The molecule has 1 N–H and O–H groups in total. The molecule has 0 spiro atoms. The third-order valence-corrected chi connectivity index (χ3v) is 4.29. The van der Waals surface area contributed by atoms with Crippen molar-refractivity contribution in [1.29, 1.82) is 5.26 Å². The molecule has 1 aliphatic heterocycles. The molecule has 1 saturated heterocycles. The molecular formula is C20H24N2O3. The number of amides is 1. The largest absolute Gasteiger partial charge is 0.481 e. The first-order chi connectivity index (χ1) is 11.7. The molecular weight excluding hydrogens is 316 g/mol. The van der Waals surface area contributed by atoms with Crippen molar-refractivity contribution in [2.75, 3.05) is 13.1 Å². The number of nitrogens with zero attached hydrogens (tertiary/aromatic N) is 2. The van der Waals surface area contributed by atoms with Crippen molar-refractivity contribution in [3.8, 4) is 6.07 Å². The topological polar surface area (TPSA) is 81.4 Å². The van der Waals surface area contributed by atoms with Crippen molar-refractivity contribution in [3.63, 3.8) is 0 Å². The number of benzene rings is 1. The van der Waals surface area contributed by atoms with Gasteiger partial charge in [-0.25, -0.2) is 0 Å². The number of hydrogen-bond donors (Lipinski definition) is 1. The lowest BCUT2D eigenvalue weighted by atomic mass is 9.84. The number of piperidine rings is 1. The third kappa shape index (κ3) is 4.93. The molecule has 1 heterocycles. The number of carbonyl (C=O) groups is 2. The summed E-state index contributed by atoms with van der Waals surface area (Å²) < 4.78 is 0. The van der Waals surface area contributed by atoms with Gasteiger partial charge in [0.1, 0.15) is 11.6 Å². The molecule has 0 bridgehead atoms. The predicted molar refractivity (Wildman–Crippen MR) is 94.7 cm³/mol. The molecule has 0 radical (unpaired) electrons. The number of hydrogen-bond acceptors (Lipinski definition) is 3. The number of allylic oxidation sites excluding steroid dienone is 1. The number of carboxylic acids is 1. The predicted octanol–water partition coefficient (Wildman–Crippen LogP) is 3.20. The molecule has 2 unspecified atom stereocenters. The minimum Gasteiger partial charge on any atom is -0.481 e. The van der Waals surface area contributed by atoms with Crippen molar-refractivity contribution in [3.05, 3.63) is 47.5 Å². The van der Waals surface area contributed by atoms with Crippen LogP contribution in [0.2, 0.25) is 0 Å². The second kappa shape index (κ2) is 7.52. The van der Waals surface area contributed by atoms with Gasteiger partial charge in [-0.1, -0.05) is 57.2 Å². The Bertz CT molecular complexity index is 711. The van der Waals surface area contributed by atoms with Gasteiger partial charge in [-0.05, 0) is 17.4 Å². The minimum atomic E-state index is -0.906. The van der Waals surface area contributed by atoms with Gasteiger partial charge in [-0.3, -0.25) is 9.59 Å². The SMILES string of the molecule is CC(C)(C)/C=C(\C#N)C(=O)N1CC(C(=O)O)CC(c2ccccc2)C1. The minimum absolute atomic E-state index is 0.0467. The molecule has 2 atom stereocenters. The average molecular weight is 340 g/mol. The van der Waals surface area contributed by atoms with Crippen LogP contribution in [-0.2, 0) is 9.59 Å². The Balaban J connectivity index is 2.29. The molecule has 0 aliphatic carbocycles. The summed E-state index contributed by atoms with van der Waals surface area (Å²) in [5.41, 5.74) is 0.788. The standard InChI is InChI=1S/C20H24N2O3/c1-20(2,3)10-17(11-21)18(23)22-12-15(9-16(13-22)19(24)25)14-7-5-4-6-8-14/h4-8,10,15-16H,9,12-13H2,1-3H3,(H,24,25)/b17-10+. The van der Waals surface area contributed by atoms with Gasteiger partial charge in [-0.15, -0.1) is 0 Å². The van der Waals surface area contributed by atoms with Crippen molar-refractivity contribution < 1.29 is 14.7 Å². The van der Waals surface area contributed by atoms with Crippen molar-refractivity contribution in [1.82, 2.24) is 4.90 Å². The monoisotopic (exact) mass is 340 g/mol. The van der Waals surface area contributed by atoms with E-state index in [9.17, 15) is 20.0 Å². The highest BCUT2D eigenvalue weighted by Crippen LogP contribution is 2.31. The summed E-state index contributed by atoms with van der Waals surface area (Å²) >= 11 is 0. The van der Waals surface area contributed by atoms with E-state index in [2.05, 4.69) is 0 Å². The van der Waals surface area contributed by atoms with E-state index in [1.807, 2.05) is 57.2 Å². The van der Waals surface area contributed by atoms with Crippen LogP contribution in [0.4, 0.5) is 0 Å². The van der Waals surface area contributed by atoms with Gasteiger partial charge in [-0.2, -0.15) is 5.26 Å². The van der Waals surface area contributed by atoms with Crippen molar-refractivity contribution >= 4 is 11.9 Å². The van der Waals surface area contributed by atoms with Crippen LogP contribution in [-0.4, -0.2) is 35.0 Å². The van der Waals surface area contributed by atoms with E-state index in [1.165, 1.54) is 4.90 Å². The Labute approximate surface area is 148 Å². The van der Waals surface area contributed by atoms with Gasteiger partial charge in [0.05, 0.1) is 5.92 Å². The van der Waals surface area contributed by atoms with E-state index >= 15 is 0 Å². The number of rotatable bonds is 3. The van der Waals surface area contributed by atoms with Gasteiger partial charge in [0.15, 0.2) is 0 Å². The number of nitriles is 1. The third-order valence-electron chi connectivity index (χ3n) is 4.29. The zero-order chi connectivity index (χ0) is 18.6. The van der Waals surface area contributed by atoms with Crippen molar-refractivity contribution in [2.24, 2.45) is 11.3 Å². The van der Waals surface area contributed by atoms with Crippen LogP contribution in [0.25, 0.3) is 0 Å². The van der Waals surface area contributed by atoms with Crippen LogP contribution >= 0.6 is 0 Å². The number of aliphatic carboxylic acids is 1. The van der Waals surface area contributed by atoms with Gasteiger partial charge in [0.2, 0.25) is 0 Å². The maximum Gasteiger partial charge on any atom is 0.308 e. The lowest BCUT2D eigenvalue weighted by Gasteiger charge is -2.36. The Morgan fingerprint density at radius 1 is 1.24 bits per heavy atom. The quantitative estimate of drug-likeness (QED) is 0.677. The zero-order valence-electron chi connectivity index (χ0n) is 14.9. The second-order valence-electron chi connectivity index (χ2n) is 7.62. The van der Waals surface area contributed by atoms with Crippen LogP contribution < -0.4 is 0 Å². The lowest BCUT2D eigenvalue weighted by Crippen LogP contribution is -2.46. The summed E-state index contributed by atoms with van der Waals surface area (Å²) in [6, 6.07) is 11.6. The first-order valence-corrected chi connectivity index (χ1v) is 8.41. The fraction of sp³-hybridized carbons (Fsp3) is 0.450. The van der Waals surface area contributed by atoms with Crippen LogP contribution in [0, 0.1) is 22.7 Å². The summed E-state index contributed by atoms with van der Waals surface area (Å²) in [6.45, 7) is 6.32. The highest BCUT2D eigenvalue weighted by Gasteiger charge is 2.35. The van der Waals surface area contributed by atoms with E-state index in [-0.39, 0.29) is 29.4 Å². The zero-order valence-corrected chi connectivity index (χ0v) is 14.9. The molecule has 5 nitrogen and oxygen atoms in total. The molecule has 132 valence electrons. The Hall–Kier alpha value is -2.61. The van der Waals surface area contributed by atoms with Gasteiger partial charge in [0.25, 0.3) is 5.91 Å². The number of carboxylic acid groups (broad SMARTS) is 1. The molecule has 1 aromatic carbocycles. The molecule has 1 fully saturated rings. The first-order valence-electron chi connectivity index (χ1n) is 8.41. The first kappa shape index (κ1) is 18.7. The summed E-state index contributed by atoms with van der Waals surface area (Å²) in [5.74, 6) is -1.96. The molecule has 2 rings (SSSR count). The maximum atomic E-state index is 12.8. The van der Waals surface area contributed by atoms with Crippen LogP contribution in [0.15, 0.2) is 42.0 Å².